The molecule has 0 fully saturated rings. The van der Waals surface area contributed by atoms with Crippen molar-refractivity contribution in [1.82, 2.24) is 0 Å². The van der Waals surface area contributed by atoms with Crippen LogP contribution in [0.2, 0.25) is 0 Å². The van der Waals surface area contributed by atoms with Gasteiger partial charge in [-0.2, -0.15) is 0 Å². The van der Waals surface area contributed by atoms with Crippen LogP contribution >= 0.6 is 0 Å². The van der Waals surface area contributed by atoms with Crippen LogP contribution in [-0.2, 0) is 9.53 Å². The molecule has 2 nitrogen and oxygen atoms in total. The molecule has 0 spiro atoms. The summed E-state index contributed by atoms with van der Waals surface area (Å²) in [6, 6.07) is 0. The van der Waals surface area contributed by atoms with Crippen LogP contribution in [-0.4, -0.2) is 11.9 Å². The Morgan fingerprint density at radius 1 is 1.90 bits per heavy atom. The van der Waals surface area contributed by atoms with Crippen LogP contribution in [0.3, 0.4) is 0 Å². The van der Waals surface area contributed by atoms with Crippen LogP contribution in [0.5, 0.6) is 0 Å². The maximum atomic E-state index is 10.8. The van der Waals surface area contributed by atoms with E-state index in [4.69, 9.17) is 4.74 Å². The molecule has 1 aliphatic rings. The van der Waals surface area contributed by atoms with Gasteiger partial charge < -0.3 is 4.74 Å². The SMILES string of the molecule is C=C(C)C1CC(=O)C=CO1. The molecule has 0 aromatic rings. The first-order chi connectivity index (χ1) is 4.70. The van der Waals surface area contributed by atoms with Gasteiger partial charge in [0.2, 0.25) is 0 Å². The monoisotopic (exact) mass is 138 g/mol. The highest BCUT2D eigenvalue weighted by Crippen LogP contribution is 2.13. The second-order valence-corrected chi connectivity index (χ2v) is 2.44. The van der Waals surface area contributed by atoms with E-state index in [1.165, 1.54) is 12.3 Å². The van der Waals surface area contributed by atoms with Crippen molar-refractivity contribution in [3.63, 3.8) is 0 Å². The van der Waals surface area contributed by atoms with Gasteiger partial charge in [-0.3, -0.25) is 4.79 Å². The van der Waals surface area contributed by atoms with Crippen LogP contribution in [0, 0.1) is 0 Å². The van der Waals surface area contributed by atoms with Gasteiger partial charge in [-0.1, -0.05) is 6.58 Å². The summed E-state index contributed by atoms with van der Waals surface area (Å²) in [5.74, 6) is 0.110. The van der Waals surface area contributed by atoms with Crippen molar-refractivity contribution in [3.8, 4) is 0 Å². The molecular weight excluding hydrogens is 128 g/mol. The predicted octanol–water partition coefficient (Wildman–Crippen LogP) is 1.43. The number of hydrogen-bond donors (Lipinski definition) is 0. The lowest BCUT2D eigenvalue weighted by Gasteiger charge is -2.17. The molecule has 1 aliphatic heterocycles. The Balaban J connectivity index is 2.60. The van der Waals surface area contributed by atoms with E-state index in [-0.39, 0.29) is 11.9 Å². The fraction of sp³-hybridized carbons (Fsp3) is 0.375. The summed E-state index contributed by atoms with van der Waals surface area (Å²) in [4.78, 5) is 10.8. The molecular formula is C8H10O2. The molecule has 0 bridgehead atoms. The highest BCUT2D eigenvalue weighted by molar-refractivity contribution is 5.90. The van der Waals surface area contributed by atoms with Gasteiger partial charge in [0.1, 0.15) is 6.10 Å². The van der Waals surface area contributed by atoms with E-state index in [0.717, 1.165) is 5.57 Å². The Morgan fingerprint density at radius 3 is 3.00 bits per heavy atom. The van der Waals surface area contributed by atoms with Crippen LogP contribution in [0.4, 0.5) is 0 Å². The van der Waals surface area contributed by atoms with Gasteiger partial charge in [-0.05, 0) is 12.5 Å². The number of carbonyl (C=O) groups is 1. The third kappa shape index (κ3) is 1.47. The highest BCUT2D eigenvalue weighted by Gasteiger charge is 2.16. The molecule has 2 heteroatoms. The van der Waals surface area contributed by atoms with Crippen molar-refractivity contribution in [2.75, 3.05) is 0 Å². The predicted molar refractivity (Wildman–Crippen MR) is 38.5 cm³/mol. The van der Waals surface area contributed by atoms with Crippen molar-refractivity contribution in [2.24, 2.45) is 0 Å². The fourth-order valence-corrected chi connectivity index (χ4v) is 0.799. The van der Waals surface area contributed by atoms with Crippen molar-refractivity contribution in [2.45, 2.75) is 19.4 Å². The summed E-state index contributed by atoms with van der Waals surface area (Å²) in [7, 11) is 0. The minimum Gasteiger partial charge on any atom is -0.493 e. The first-order valence-corrected chi connectivity index (χ1v) is 3.20. The van der Waals surface area contributed by atoms with E-state index in [1.807, 2.05) is 6.92 Å². The van der Waals surface area contributed by atoms with E-state index in [0.29, 0.717) is 6.42 Å². The third-order valence-corrected chi connectivity index (χ3v) is 1.43. The van der Waals surface area contributed by atoms with Gasteiger partial charge in [0.15, 0.2) is 5.78 Å². The van der Waals surface area contributed by atoms with Crippen molar-refractivity contribution in [3.05, 3.63) is 24.5 Å². The number of ether oxygens (including phenoxy) is 1. The molecule has 1 rings (SSSR count). The second kappa shape index (κ2) is 2.69. The molecule has 0 amide bonds. The Hall–Kier alpha value is -1.05. The Labute approximate surface area is 60.2 Å². The fourth-order valence-electron chi connectivity index (χ4n) is 0.799. The molecule has 0 aliphatic carbocycles. The summed E-state index contributed by atoms with van der Waals surface area (Å²) >= 11 is 0. The molecule has 0 radical (unpaired) electrons. The average Bonchev–Trinajstić information content (AvgIpc) is 1.88. The zero-order valence-electron chi connectivity index (χ0n) is 5.96. The zero-order chi connectivity index (χ0) is 7.56. The summed E-state index contributed by atoms with van der Waals surface area (Å²) in [5.41, 5.74) is 0.901. The maximum Gasteiger partial charge on any atom is 0.162 e. The summed E-state index contributed by atoms with van der Waals surface area (Å²) < 4.78 is 5.11. The van der Waals surface area contributed by atoms with Crippen LogP contribution in [0.1, 0.15) is 13.3 Å². The third-order valence-electron chi connectivity index (χ3n) is 1.43. The molecule has 1 heterocycles. The van der Waals surface area contributed by atoms with E-state index >= 15 is 0 Å². The first kappa shape index (κ1) is 7.06. The molecule has 0 saturated carbocycles. The zero-order valence-corrected chi connectivity index (χ0v) is 5.96. The number of rotatable bonds is 1. The van der Waals surface area contributed by atoms with E-state index < -0.39 is 0 Å². The minimum absolute atomic E-state index is 0.0995. The van der Waals surface area contributed by atoms with Crippen molar-refractivity contribution in [1.29, 1.82) is 0 Å². The van der Waals surface area contributed by atoms with Gasteiger partial charge in [0.25, 0.3) is 0 Å². The number of allylic oxidation sites excluding steroid dienone is 1. The van der Waals surface area contributed by atoms with Gasteiger partial charge in [0, 0.05) is 6.08 Å². The lowest BCUT2D eigenvalue weighted by molar-refractivity contribution is -0.117. The lowest BCUT2D eigenvalue weighted by atomic mass is 10.1. The molecule has 10 heavy (non-hydrogen) atoms. The van der Waals surface area contributed by atoms with Gasteiger partial charge in [0.05, 0.1) is 12.7 Å². The van der Waals surface area contributed by atoms with E-state index in [1.54, 1.807) is 0 Å². The second-order valence-electron chi connectivity index (χ2n) is 2.44. The topological polar surface area (TPSA) is 26.3 Å². The average molecular weight is 138 g/mol. The van der Waals surface area contributed by atoms with Crippen LogP contribution < -0.4 is 0 Å². The van der Waals surface area contributed by atoms with Gasteiger partial charge >= 0.3 is 0 Å². The molecule has 0 aromatic heterocycles. The Bertz CT molecular complexity index is 191. The standard InChI is InChI=1S/C8H10O2/c1-6(2)8-5-7(9)3-4-10-8/h3-4,8H,1,5H2,2H3. The molecule has 0 saturated heterocycles. The summed E-state index contributed by atoms with van der Waals surface area (Å²) in [5, 5.41) is 0. The van der Waals surface area contributed by atoms with Gasteiger partial charge in [-0.15, -0.1) is 0 Å². The smallest absolute Gasteiger partial charge is 0.162 e. The van der Waals surface area contributed by atoms with Crippen LogP contribution in [0.15, 0.2) is 24.5 Å². The number of carbonyl (C=O) groups excluding carboxylic acids is 1. The van der Waals surface area contributed by atoms with E-state index in [2.05, 4.69) is 6.58 Å². The van der Waals surface area contributed by atoms with Crippen molar-refractivity contribution >= 4 is 5.78 Å². The normalized spacial score (nSPS) is 24.1. The molecule has 1 unspecified atom stereocenters. The highest BCUT2D eigenvalue weighted by atomic mass is 16.5. The first-order valence-electron chi connectivity index (χ1n) is 3.20. The van der Waals surface area contributed by atoms with Crippen molar-refractivity contribution < 1.29 is 9.53 Å². The quantitative estimate of drug-likeness (QED) is 0.512. The maximum absolute atomic E-state index is 10.8. The summed E-state index contributed by atoms with van der Waals surface area (Å²) in [6.07, 6.45) is 3.22. The largest absolute Gasteiger partial charge is 0.493 e. The molecule has 54 valence electrons. The van der Waals surface area contributed by atoms with Gasteiger partial charge in [-0.25, -0.2) is 0 Å². The molecule has 0 N–H and O–H groups in total. The number of ketones is 1. The lowest BCUT2D eigenvalue weighted by Crippen LogP contribution is -2.18. The van der Waals surface area contributed by atoms with E-state index in [9.17, 15) is 4.79 Å². The Kier molecular flexibility index (Phi) is 1.90. The van der Waals surface area contributed by atoms with Crippen LogP contribution in [0.25, 0.3) is 0 Å². The minimum atomic E-state index is -0.0995. The Morgan fingerprint density at radius 2 is 2.60 bits per heavy atom. The molecule has 1 atom stereocenters. The summed E-state index contributed by atoms with van der Waals surface area (Å²) in [6.45, 7) is 5.56. The molecule has 0 aromatic carbocycles. The number of hydrogen-bond acceptors (Lipinski definition) is 2.